The monoisotopic (exact) mass is 263 g/mol. The Labute approximate surface area is 111 Å². The van der Waals surface area contributed by atoms with Crippen LogP contribution in [0.25, 0.3) is 10.1 Å². The van der Waals surface area contributed by atoms with Crippen molar-refractivity contribution in [1.82, 2.24) is 0 Å². The molecule has 0 spiro atoms. The van der Waals surface area contributed by atoms with Gasteiger partial charge in [0.2, 0.25) is 0 Å². The molecule has 1 aromatic carbocycles. The maximum atomic E-state index is 11.0. The first-order valence-corrected chi connectivity index (χ1v) is 6.77. The molecule has 0 aliphatic carbocycles. The molecule has 0 saturated heterocycles. The number of thiophene rings is 1. The maximum absolute atomic E-state index is 11.0. The highest BCUT2D eigenvalue weighted by atomic mass is 32.1. The van der Waals surface area contributed by atoms with Crippen molar-refractivity contribution in [2.75, 3.05) is 18.5 Å². The molecular weight excluding hydrogens is 246 g/mol. The Morgan fingerprint density at radius 2 is 2.17 bits per heavy atom. The van der Waals surface area contributed by atoms with Gasteiger partial charge in [-0.25, -0.2) is 4.79 Å². The summed E-state index contributed by atoms with van der Waals surface area (Å²) in [4.78, 5) is 13.6. The summed E-state index contributed by atoms with van der Waals surface area (Å²) in [5, 5.41) is 10.1. The number of carboxylic acids is 1. The zero-order valence-corrected chi connectivity index (χ0v) is 11.6. The van der Waals surface area contributed by atoms with Gasteiger partial charge in [-0.3, -0.25) is 0 Å². The lowest BCUT2D eigenvalue weighted by Crippen LogP contribution is -2.22. The molecule has 1 N–H and O–H groups in total. The quantitative estimate of drug-likeness (QED) is 0.914. The highest BCUT2D eigenvalue weighted by Crippen LogP contribution is 2.33. The number of carbonyl (C=O) groups is 1. The van der Waals surface area contributed by atoms with E-state index < -0.39 is 5.97 Å². The van der Waals surface area contributed by atoms with Crippen LogP contribution < -0.4 is 4.90 Å². The van der Waals surface area contributed by atoms with Gasteiger partial charge in [0, 0.05) is 29.4 Å². The third kappa shape index (κ3) is 2.48. The lowest BCUT2D eigenvalue weighted by Gasteiger charge is -2.22. The van der Waals surface area contributed by atoms with Gasteiger partial charge in [0.25, 0.3) is 0 Å². The Hall–Kier alpha value is -1.55. The molecule has 1 aromatic heterocycles. The molecule has 4 heteroatoms. The smallest absolute Gasteiger partial charge is 0.345 e. The fourth-order valence-corrected chi connectivity index (χ4v) is 3.05. The van der Waals surface area contributed by atoms with E-state index in [1.165, 1.54) is 11.3 Å². The molecule has 0 atom stereocenters. The predicted molar refractivity (Wildman–Crippen MR) is 76.9 cm³/mol. The van der Waals surface area contributed by atoms with Crippen molar-refractivity contribution in [3.63, 3.8) is 0 Å². The number of aromatic carboxylic acids is 1. The van der Waals surface area contributed by atoms with Crippen LogP contribution in [0.1, 0.15) is 23.5 Å². The second kappa shape index (κ2) is 4.98. The van der Waals surface area contributed by atoms with Gasteiger partial charge < -0.3 is 10.0 Å². The van der Waals surface area contributed by atoms with Gasteiger partial charge in [-0.2, -0.15) is 0 Å². The molecule has 0 radical (unpaired) electrons. The van der Waals surface area contributed by atoms with Crippen molar-refractivity contribution >= 4 is 33.1 Å². The molecule has 0 saturated carbocycles. The van der Waals surface area contributed by atoms with E-state index in [1.807, 2.05) is 25.2 Å². The van der Waals surface area contributed by atoms with Crippen LogP contribution in [-0.4, -0.2) is 24.7 Å². The van der Waals surface area contributed by atoms with Gasteiger partial charge in [-0.1, -0.05) is 19.9 Å². The van der Waals surface area contributed by atoms with Crippen molar-refractivity contribution in [3.8, 4) is 0 Å². The standard InChI is InChI=1S/C14H17NO2S/c1-9(2)8-15(3)11-5-4-6-12-10(11)7-13(18-12)14(16)17/h4-7,9H,8H2,1-3H3,(H,16,17). The summed E-state index contributed by atoms with van der Waals surface area (Å²) in [5.41, 5.74) is 1.10. The highest BCUT2D eigenvalue weighted by molar-refractivity contribution is 7.20. The minimum atomic E-state index is -0.853. The normalized spacial score (nSPS) is 11.1. The first kappa shape index (κ1) is 12.9. The topological polar surface area (TPSA) is 40.5 Å². The summed E-state index contributed by atoms with van der Waals surface area (Å²) < 4.78 is 1.03. The summed E-state index contributed by atoms with van der Waals surface area (Å²) in [6, 6.07) is 7.77. The van der Waals surface area contributed by atoms with Crippen molar-refractivity contribution in [2.45, 2.75) is 13.8 Å². The summed E-state index contributed by atoms with van der Waals surface area (Å²) in [7, 11) is 2.05. The van der Waals surface area contributed by atoms with Crippen LogP contribution in [0.4, 0.5) is 5.69 Å². The molecule has 0 amide bonds. The number of rotatable bonds is 4. The summed E-state index contributed by atoms with van der Waals surface area (Å²) in [6.07, 6.45) is 0. The van der Waals surface area contributed by atoms with Gasteiger partial charge in [-0.15, -0.1) is 11.3 Å². The molecule has 2 rings (SSSR count). The average molecular weight is 263 g/mol. The number of nitrogens with zero attached hydrogens (tertiary/aromatic N) is 1. The number of carboxylic acid groups (broad SMARTS) is 1. The first-order valence-electron chi connectivity index (χ1n) is 5.96. The van der Waals surface area contributed by atoms with Crippen LogP contribution in [0.2, 0.25) is 0 Å². The van der Waals surface area contributed by atoms with E-state index >= 15 is 0 Å². The Kier molecular flexibility index (Phi) is 3.57. The van der Waals surface area contributed by atoms with Crippen molar-refractivity contribution in [3.05, 3.63) is 29.1 Å². The number of hydrogen-bond acceptors (Lipinski definition) is 3. The lowest BCUT2D eigenvalue weighted by molar-refractivity contribution is 0.0702. The zero-order valence-electron chi connectivity index (χ0n) is 10.8. The summed E-state index contributed by atoms with van der Waals surface area (Å²) in [5.74, 6) is -0.281. The Bertz CT molecular complexity index is 574. The first-order chi connectivity index (χ1) is 8.49. The van der Waals surface area contributed by atoms with Crippen molar-refractivity contribution in [1.29, 1.82) is 0 Å². The van der Waals surface area contributed by atoms with Gasteiger partial charge in [0.05, 0.1) is 0 Å². The fourth-order valence-electron chi connectivity index (χ4n) is 2.13. The van der Waals surface area contributed by atoms with Crippen LogP contribution in [-0.2, 0) is 0 Å². The fraction of sp³-hybridized carbons (Fsp3) is 0.357. The van der Waals surface area contributed by atoms with E-state index in [2.05, 4.69) is 18.7 Å². The lowest BCUT2D eigenvalue weighted by atomic mass is 10.1. The Morgan fingerprint density at radius 1 is 1.44 bits per heavy atom. The second-order valence-electron chi connectivity index (χ2n) is 4.88. The van der Waals surface area contributed by atoms with Crippen molar-refractivity contribution < 1.29 is 9.90 Å². The van der Waals surface area contributed by atoms with Gasteiger partial charge >= 0.3 is 5.97 Å². The molecule has 2 aromatic rings. The third-order valence-corrected chi connectivity index (χ3v) is 3.89. The largest absolute Gasteiger partial charge is 0.477 e. The molecule has 0 fully saturated rings. The average Bonchev–Trinajstić information content (AvgIpc) is 2.71. The van der Waals surface area contributed by atoms with E-state index in [0.29, 0.717) is 10.8 Å². The summed E-state index contributed by atoms with van der Waals surface area (Å²) >= 11 is 1.33. The number of fused-ring (bicyclic) bond motifs is 1. The zero-order chi connectivity index (χ0) is 13.3. The second-order valence-corrected chi connectivity index (χ2v) is 5.96. The van der Waals surface area contributed by atoms with E-state index in [0.717, 1.165) is 22.3 Å². The van der Waals surface area contributed by atoms with E-state index in [4.69, 9.17) is 5.11 Å². The molecule has 3 nitrogen and oxygen atoms in total. The third-order valence-electron chi connectivity index (χ3n) is 2.80. The number of anilines is 1. The molecule has 18 heavy (non-hydrogen) atoms. The van der Waals surface area contributed by atoms with Gasteiger partial charge in [0.15, 0.2) is 0 Å². The molecule has 0 aliphatic heterocycles. The van der Waals surface area contributed by atoms with E-state index in [9.17, 15) is 4.79 Å². The van der Waals surface area contributed by atoms with Crippen LogP contribution in [0.3, 0.4) is 0 Å². The van der Waals surface area contributed by atoms with Crippen LogP contribution in [0.15, 0.2) is 24.3 Å². The molecule has 1 heterocycles. The predicted octanol–water partition coefficient (Wildman–Crippen LogP) is 3.69. The molecule has 0 aliphatic rings. The van der Waals surface area contributed by atoms with Crippen LogP contribution in [0, 0.1) is 5.92 Å². The SMILES string of the molecule is CC(C)CN(C)c1cccc2sc(C(=O)O)cc12. The maximum Gasteiger partial charge on any atom is 0.345 e. The molecular formula is C14H17NO2S. The minimum absolute atomic E-state index is 0.399. The molecule has 0 bridgehead atoms. The molecule has 96 valence electrons. The van der Waals surface area contributed by atoms with Gasteiger partial charge in [0.1, 0.15) is 4.88 Å². The van der Waals surface area contributed by atoms with Crippen molar-refractivity contribution in [2.24, 2.45) is 5.92 Å². The van der Waals surface area contributed by atoms with E-state index in [-0.39, 0.29) is 0 Å². The number of hydrogen-bond donors (Lipinski definition) is 1. The Morgan fingerprint density at radius 3 is 2.78 bits per heavy atom. The molecule has 0 unspecified atom stereocenters. The van der Waals surface area contributed by atoms with Crippen LogP contribution in [0.5, 0.6) is 0 Å². The highest BCUT2D eigenvalue weighted by Gasteiger charge is 2.13. The van der Waals surface area contributed by atoms with Gasteiger partial charge in [-0.05, 0) is 24.1 Å². The van der Waals surface area contributed by atoms with Crippen LogP contribution >= 0.6 is 11.3 Å². The number of benzene rings is 1. The Balaban J connectivity index is 2.47. The summed E-state index contributed by atoms with van der Waals surface area (Å²) in [6.45, 7) is 5.30. The van der Waals surface area contributed by atoms with E-state index in [1.54, 1.807) is 6.07 Å². The minimum Gasteiger partial charge on any atom is -0.477 e.